The van der Waals surface area contributed by atoms with Crippen molar-refractivity contribution >= 4 is 40.3 Å². The lowest BCUT2D eigenvalue weighted by molar-refractivity contribution is -0.122. The van der Waals surface area contributed by atoms with Gasteiger partial charge in [-0.3, -0.25) is 14.6 Å². The number of hydrogen-bond donors (Lipinski definition) is 2. The Hall–Kier alpha value is -3.14. The number of para-hydroxylation sites is 2. The van der Waals surface area contributed by atoms with E-state index in [9.17, 15) is 9.59 Å². The highest BCUT2D eigenvalue weighted by atomic mass is 35.5. The van der Waals surface area contributed by atoms with Crippen molar-refractivity contribution in [1.82, 2.24) is 20.2 Å². The molecule has 2 aliphatic heterocycles. The fourth-order valence-electron chi connectivity index (χ4n) is 4.42. The van der Waals surface area contributed by atoms with Crippen LogP contribution in [0.4, 0.5) is 10.5 Å². The maximum Gasteiger partial charge on any atom is 0.415 e. The van der Waals surface area contributed by atoms with Crippen LogP contribution < -0.4 is 10.2 Å². The van der Waals surface area contributed by atoms with Gasteiger partial charge in [-0.05, 0) is 36.4 Å². The van der Waals surface area contributed by atoms with Gasteiger partial charge in [-0.1, -0.05) is 23.7 Å². The third kappa shape index (κ3) is 5.01. The van der Waals surface area contributed by atoms with Crippen molar-refractivity contribution in [1.29, 1.82) is 0 Å². The van der Waals surface area contributed by atoms with Crippen molar-refractivity contribution in [2.75, 3.05) is 50.8 Å². The van der Waals surface area contributed by atoms with E-state index in [1.165, 1.54) is 0 Å². The average molecular weight is 484 g/mol. The molecule has 178 valence electrons. The van der Waals surface area contributed by atoms with Crippen molar-refractivity contribution in [3.8, 4) is 0 Å². The second kappa shape index (κ2) is 9.61. The van der Waals surface area contributed by atoms with Crippen LogP contribution in [0.25, 0.3) is 11.0 Å². The number of hydrogen-bond acceptors (Lipinski definition) is 6. The molecule has 2 N–H and O–H groups in total. The molecule has 0 unspecified atom stereocenters. The first kappa shape index (κ1) is 22.6. The van der Waals surface area contributed by atoms with E-state index in [0.29, 0.717) is 49.9 Å². The molecule has 3 aromatic rings. The molecule has 1 atom stereocenters. The molecule has 2 amide bonds. The lowest BCUT2D eigenvalue weighted by Crippen LogP contribution is -2.50. The number of benzene rings is 2. The largest absolute Gasteiger partial charge is 0.437 e. The zero-order valence-electron chi connectivity index (χ0n) is 18.6. The zero-order valence-corrected chi connectivity index (χ0v) is 19.4. The highest BCUT2D eigenvalue weighted by molar-refractivity contribution is 6.30. The fourth-order valence-corrected chi connectivity index (χ4v) is 4.55. The van der Waals surface area contributed by atoms with Gasteiger partial charge in [-0.25, -0.2) is 9.78 Å². The highest BCUT2D eigenvalue weighted by Gasteiger charge is 2.48. The first-order valence-electron chi connectivity index (χ1n) is 11.3. The first-order valence-corrected chi connectivity index (χ1v) is 11.6. The van der Waals surface area contributed by atoms with Gasteiger partial charge in [0.2, 0.25) is 5.91 Å². The smallest absolute Gasteiger partial charge is 0.415 e. The van der Waals surface area contributed by atoms with Crippen LogP contribution in [0.3, 0.4) is 0 Å². The molecule has 5 rings (SSSR count). The Labute approximate surface area is 202 Å². The quantitative estimate of drug-likeness (QED) is 0.559. The third-order valence-corrected chi connectivity index (χ3v) is 6.28. The van der Waals surface area contributed by atoms with Crippen molar-refractivity contribution in [2.45, 2.75) is 12.0 Å². The van der Waals surface area contributed by atoms with E-state index in [2.05, 4.69) is 15.3 Å². The molecule has 10 heteroatoms. The second-order valence-electron chi connectivity index (χ2n) is 8.68. The summed E-state index contributed by atoms with van der Waals surface area (Å²) in [5, 5.41) is 3.56. The molecule has 2 fully saturated rings. The molecular weight excluding hydrogens is 458 g/mol. The number of carbonyl (C=O) groups excluding carboxylic acids is 2. The SMILES string of the molecule is O=C(CN1CCOC[C@]2(C1)CN(c1ccc(Cl)cc1)C(=O)O2)NCCc1nc2ccccc2[nH]1. The maximum absolute atomic E-state index is 12.6. The van der Waals surface area contributed by atoms with Crippen LogP contribution in [-0.4, -0.2) is 78.4 Å². The van der Waals surface area contributed by atoms with Crippen LogP contribution in [0.2, 0.25) is 5.02 Å². The van der Waals surface area contributed by atoms with Gasteiger partial charge in [0, 0.05) is 36.8 Å². The van der Waals surface area contributed by atoms with Crippen molar-refractivity contribution in [3.05, 3.63) is 59.4 Å². The second-order valence-corrected chi connectivity index (χ2v) is 9.11. The van der Waals surface area contributed by atoms with E-state index >= 15 is 0 Å². The fraction of sp³-hybridized carbons (Fsp3) is 0.375. The Bertz CT molecular complexity index is 1150. The van der Waals surface area contributed by atoms with Crippen LogP contribution >= 0.6 is 11.6 Å². The standard InChI is InChI=1S/C24H26ClN5O4/c25-17-5-7-18(8-6-17)30-15-24(34-23(30)32)14-29(11-12-33-16-24)13-22(31)26-10-9-21-27-19-3-1-2-4-20(19)28-21/h1-8H,9-16H2,(H,26,31)(H,27,28)/t24-/m0/s1. The summed E-state index contributed by atoms with van der Waals surface area (Å²) in [4.78, 5) is 36.6. The minimum absolute atomic E-state index is 0.0907. The van der Waals surface area contributed by atoms with Gasteiger partial charge in [0.1, 0.15) is 5.82 Å². The summed E-state index contributed by atoms with van der Waals surface area (Å²) < 4.78 is 11.5. The lowest BCUT2D eigenvalue weighted by Gasteiger charge is -2.29. The van der Waals surface area contributed by atoms with E-state index in [0.717, 1.165) is 16.9 Å². The first-order chi connectivity index (χ1) is 16.5. The van der Waals surface area contributed by atoms with Gasteiger partial charge in [0.15, 0.2) is 5.60 Å². The Morgan fingerprint density at radius 3 is 2.82 bits per heavy atom. The van der Waals surface area contributed by atoms with E-state index in [4.69, 9.17) is 21.1 Å². The summed E-state index contributed by atoms with van der Waals surface area (Å²) >= 11 is 5.97. The average Bonchev–Trinajstić information content (AvgIpc) is 3.31. The number of carbonyl (C=O) groups is 2. The molecule has 0 aliphatic carbocycles. The van der Waals surface area contributed by atoms with Gasteiger partial charge < -0.3 is 19.8 Å². The number of fused-ring (bicyclic) bond motifs is 1. The number of ether oxygens (including phenoxy) is 2. The van der Waals surface area contributed by atoms with E-state index in [1.807, 2.05) is 29.2 Å². The van der Waals surface area contributed by atoms with E-state index in [-0.39, 0.29) is 19.1 Å². The number of H-pyrrole nitrogens is 1. The monoisotopic (exact) mass is 483 g/mol. The number of aromatic nitrogens is 2. The van der Waals surface area contributed by atoms with Crippen LogP contribution in [0.1, 0.15) is 5.82 Å². The predicted octanol–water partition coefficient (Wildman–Crippen LogP) is 2.60. The van der Waals surface area contributed by atoms with Gasteiger partial charge in [-0.2, -0.15) is 0 Å². The van der Waals surface area contributed by atoms with Crippen LogP contribution in [0.5, 0.6) is 0 Å². The molecule has 0 bridgehead atoms. The number of imidazole rings is 1. The van der Waals surface area contributed by atoms with E-state index in [1.54, 1.807) is 29.2 Å². The number of nitrogens with one attached hydrogen (secondary N) is 2. The van der Waals surface area contributed by atoms with Crippen LogP contribution in [0.15, 0.2) is 48.5 Å². The number of nitrogens with zero attached hydrogens (tertiary/aromatic N) is 3. The lowest BCUT2D eigenvalue weighted by atomic mass is 10.0. The van der Waals surface area contributed by atoms with Crippen molar-refractivity contribution in [3.63, 3.8) is 0 Å². The van der Waals surface area contributed by atoms with Crippen LogP contribution in [-0.2, 0) is 20.7 Å². The Morgan fingerprint density at radius 2 is 2.00 bits per heavy atom. The summed E-state index contributed by atoms with van der Waals surface area (Å²) in [6, 6.07) is 14.9. The predicted molar refractivity (Wildman–Crippen MR) is 128 cm³/mol. The molecule has 3 heterocycles. The highest BCUT2D eigenvalue weighted by Crippen LogP contribution is 2.31. The van der Waals surface area contributed by atoms with Crippen LogP contribution in [0, 0.1) is 0 Å². The van der Waals surface area contributed by atoms with Crippen molar-refractivity contribution in [2.24, 2.45) is 0 Å². The maximum atomic E-state index is 12.6. The summed E-state index contributed by atoms with van der Waals surface area (Å²) in [5.74, 6) is 0.746. The van der Waals surface area contributed by atoms with Gasteiger partial charge in [0.05, 0.1) is 37.3 Å². The van der Waals surface area contributed by atoms with Gasteiger partial charge in [0.25, 0.3) is 0 Å². The topological polar surface area (TPSA) is 99.8 Å². The molecule has 1 spiro atoms. The number of rotatable bonds is 6. The number of amides is 2. The molecule has 0 saturated carbocycles. The Balaban J connectivity index is 1.16. The Kier molecular flexibility index (Phi) is 6.40. The molecule has 2 aromatic carbocycles. The molecule has 34 heavy (non-hydrogen) atoms. The van der Waals surface area contributed by atoms with Gasteiger partial charge in [-0.15, -0.1) is 0 Å². The minimum Gasteiger partial charge on any atom is -0.437 e. The van der Waals surface area contributed by atoms with E-state index < -0.39 is 11.7 Å². The molecular formula is C24H26ClN5O4. The molecule has 2 saturated heterocycles. The molecule has 9 nitrogen and oxygen atoms in total. The Morgan fingerprint density at radius 1 is 1.18 bits per heavy atom. The molecule has 1 aromatic heterocycles. The summed E-state index contributed by atoms with van der Waals surface area (Å²) in [5.41, 5.74) is 1.78. The zero-order chi connectivity index (χ0) is 23.5. The summed E-state index contributed by atoms with van der Waals surface area (Å²) in [6.45, 7) is 2.77. The molecule has 2 aliphatic rings. The van der Waals surface area contributed by atoms with Gasteiger partial charge >= 0.3 is 6.09 Å². The summed E-state index contributed by atoms with van der Waals surface area (Å²) in [7, 11) is 0. The summed E-state index contributed by atoms with van der Waals surface area (Å²) in [6.07, 6.45) is 0.185. The number of anilines is 1. The van der Waals surface area contributed by atoms with Crippen molar-refractivity contribution < 1.29 is 19.1 Å². The molecule has 0 radical (unpaired) electrons. The third-order valence-electron chi connectivity index (χ3n) is 6.03. The normalized spacial score (nSPS) is 21.1. The number of aromatic amines is 1. The minimum atomic E-state index is -0.832. The number of halogens is 1.